The van der Waals surface area contributed by atoms with Crippen LogP contribution < -0.4 is 0 Å². The van der Waals surface area contributed by atoms with Crippen molar-refractivity contribution in [2.45, 2.75) is 0 Å². The second-order valence-electron chi connectivity index (χ2n) is 13.9. The molecule has 0 aromatic heterocycles. The molecular weight excluding hydrogens is 657 g/mol. The molecule has 0 unspecified atom stereocenters. The Morgan fingerprint density at radius 2 is 0.815 bits per heavy atom. The van der Waals surface area contributed by atoms with E-state index in [1.807, 2.05) is 0 Å². The monoisotopic (exact) mass is 678 g/mol. The number of nitriles is 2. The van der Waals surface area contributed by atoms with Crippen molar-refractivity contribution in [1.29, 1.82) is 10.5 Å². The first-order valence-corrected chi connectivity index (χ1v) is 17.6. The van der Waals surface area contributed by atoms with Crippen LogP contribution in [0.25, 0.3) is 118 Å². The lowest BCUT2D eigenvalue weighted by Gasteiger charge is -2.20. The predicted octanol–water partition coefficient (Wildman–Crippen LogP) is 14.0. The second-order valence-corrected chi connectivity index (χ2v) is 13.9. The van der Waals surface area contributed by atoms with E-state index in [0.717, 1.165) is 81.1 Å². The summed E-state index contributed by atoms with van der Waals surface area (Å²) in [5, 5.41) is 38.1. The van der Waals surface area contributed by atoms with Crippen LogP contribution in [0.3, 0.4) is 0 Å². The maximum Gasteiger partial charge on any atom is 0.196 e. The number of fused-ring (bicyclic) bond motifs is 9. The van der Waals surface area contributed by atoms with E-state index in [4.69, 9.17) is 13.1 Å². The third-order valence-electron chi connectivity index (χ3n) is 11.4. The van der Waals surface area contributed by atoms with Crippen LogP contribution in [-0.2, 0) is 0 Å². The van der Waals surface area contributed by atoms with Crippen LogP contribution in [0.1, 0.15) is 11.1 Å². The molecule has 242 valence electrons. The summed E-state index contributed by atoms with van der Waals surface area (Å²) >= 11 is 0. The van der Waals surface area contributed by atoms with Crippen LogP contribution in [0.4, 0.5) is 11.4 Å². The smallest absolute Gasteiger partial charge is 0.196 e. The molecule has 0 heterocycles. The Labute approximate surface area is 308 Å². The van der Waals surface area contributed by atoms with E-state index in [1.54, 1.807) is 36.4 Å². The van der Waals surface area contributed by atoms with Crippen molar-refractivity contribution in [3.05, 3.63) is 167 Å². The minimum atomic E-state index is 0.393. The highest BCUT2D eigenvalue weighted by atomic mass is 14.7. The topological polar surface area (TPSA) is 56.3 Å². The summed E-state index contributed by atoms with van der Waals surface area (Å²) in [6, 6.07) is 49.8. The Morgan fingerprint density at radius 1 is 0.352 bits per heavy atom. The van der Waals surface area contributed by atoms with Gasteiger partial charge in [-0.15, -0.1) is 0 Å². The molecule has 0 amide bonds. The van der Waals surface area contributed by atoms with Crippen molar-refractivity contribution in [2.75, 3.05) is 0 Å². The van der Waals surface area contributed by atoms with Gasteiger partial charge in [-0.3, -0.25) is 0 Å². The zero-order valence-electron chi connectivity index (χ0n) is 28.5. The number of hydrogen-bond donors (Lipinski definition) is 0. The van der Waals surface area contributed by atoms with Crippen molar-refractivity contribution >= 4 is 97.6 Å². The average Bonchev–Trinajstić information content (AvgIpc) is 3.72. The molecule has 4 nitrogen and oxygen atoms in total. The minimum absolute atomic E-state index is 0.393. The molecule has 0 aliphatic carbocycles. The van der Waals surface area contributed by atoms with Crippen molar-refractivity contribution in [3.63, 3.8) is 0 Å². The number of rotatable bonds is 2. The fourth-order valence-electron chi connectivity index (χ4n) is 9.37. The van der Waals surface area contributed by atoms with Gasteiger partial charge in [0.1, 0.15) is 0 Å². The summed E-state index contributed by atoms with van der Waals surface area (Å²) in [4.78, 5) is 8.01. The summed E-state index contributed by atoms with van der Waals surface area (Å²) in [6.07, 6.45) is 0. The first kappa shape index (κ1) is 29.7. The molecular formula is C50H22N4. The van der Waals surface area contributed by atoms with Gasteiger partial charge in [0.2, 0.25) is 0 Å². The highest BCUT2D eigenvalue weighted by Gasteiger charge is 2.28. The Balaban J connectivity index is 1.52. The summed E-state index contributed by atoms with van der Waals surface area (Å²) in [5.41, 5.74) is 4.42. The molecule has 0 bridgehead atoms. The minimum Gasteiger partial charge on any atom is -0.237 e. The second kappa shape index (κ2) is 10.7. The fraction of sp³-hybridized carbons (Fsp3) is 0. The molecule has 11 rings (SSSR count). The molecule has 0 aliphatic heterocycles. The van der Waals surface area contributed by atoms with Crippen LogP contribution in [-0.4, -0.2) is 0 Å². The fourth-order valence-corrected chi connectivity index (χ4v) is 9.37. The number of benzene rings is 9. The van der Waals surface area contributed by atoms with Gasteiger partial charge in [0.05, 0.1) is 25.3 Å². The molecule has 11 aromatic rings. The lowest BCUT2D eigenvalue weighted by Crippen LogP contribution is -1.94. The van der Waals surface area contributed by atoms with E-state index in [1.165, 1.54) is 16.2 Å². The molecule has 0 saturated carbocycles. The highest BCUT2D eigenvalue weighted by molar-refractivity contribution is 6.43. The standard InChI is InChI=1S/C50H22N4/c1-53-41-20-7-13-29(25-51)44(41)49-39-23-36-33-17-9-16-32-31-15-4-3-10-28(31)22-38(46(32)33)37(36)24-40(39)50(45-30(26-52)14-8-21-42(45)54-2)48-35-19-6-12-27-11-5-18-34(43(27)35)47(48)49/h3-24H. The maximum absolute atomic E-state index is 10.7. The van der Waals surface area contributed by atoms with E-state index in [-0.39, 0.29) is 0 Å². The van der Waals surface area contributed by atoms with E-state index in [0.29, 0.717) is 33.6 Å². The average molecular weight is 679 g/mol. The Morgan fingerprint density at radius 3 is 1.39 bits per heavy atom. The molecule has 0 atom stereocenters. The lowest BCUT2D eigenvalue weighted by molar-refractivity contribution is 1.49. The van der Waals surface area contributed by atoms with Crippen molar-refractivity contribution < 1.29 is 0 Å². The maximum atomic E-state index is 10.7. The van der Waals surface area contributed by atoms with Crippen LogP contribution in [0.5, 0.6) is 0 Å². The van der Waals surface area contributed by atoms with Crippen molar-refractivity contribution in [2.24, 2.45) is 0 Å². The summed E-state index contributed by atoms with van der Waals surface area (Å²) in [6.45, 7) is 16.7. The summed E-state index contributed by atoms with van der Waals surface area (Å²) in [7, 11) is 0. The Hall–Kier alpha value is -8.02. The first-order chi connectivity index (χ1) is 26.6. The third-order valence-corrected chi connectivity index (χ3v) is 11.4. The summed E-state index contributed by atoms with van der Waals surface area (Å²) in [5.74, 6) is 0. The number of nitrogens with zero attached hydrogens (tertiary/aromatic N) is 4. The zero-order chi connectivity index (χ0) is 36.2. The van der Waals surface area contributed by atoms with Crippen LogP contribution >= 0.6 is 0 Å². The molecule has 54 heavy (non-hydrogen) atoms. The van der Waals surface area contributed by atoms with Gasteiger partial charge in [-0.05, 0) is 128 Å². The Kier molecular flexibility index (Phi) is 5.91. The van der Waals surface area contributed by atoms with Gasteiger partial charge >= 0.3 is 0 Å². The molecule has 0 saturated heterocycles. The Bertz CT molecular complexity index is 3590. The molecule has 0 radical (unpaired) electrons. The lowest BCUT2D eigenvalue weighted by atomic mass is 9.82. The summed E-state index contributed by atoms with van der Waals surface area (Å²) < 4.78 is 0. The SMILES string of the molecule is [C-]#[N+]c1cccc(C#N)c1-c1c2cc3c(cc2c(-c2c(C#N)cccc2[N+]#[C-])c2c4cccc5cccc(c12)c54)c1cc2ccccc2c2cccc3c21. The third kappa shape index (κ3) is 3.66. The largest absolute Gasteiger partial charge is 0.237 e. The molecule has 11 aromatic carbocycles. The van der Waals surface area contributed by atoms with Gasteiger partial charge in [0.15, 0.2) is 11.4 Å². The van der Waals surface area contributed by atoms with Crippen LogP contribution in [0.15, 0.2) is 133 Å². The first-order valence-electron chi connectivity index (χ1n) is 17.6. The van der Waals surface area contributed by atoms with Crippen LogP contribution in [0.2, 0.25) is 0 Å². The van der Waals surface area contributed by atoms with Gasteiger partial charge in [-0.2, -0.15) is 10.5 Å². The van der Waals surface area contributed by atoms with Gasteiger partial charge in [-0.1, -0.05) is 103 Å². The molecule has 0 fully saturated rings. The zero-order valence-corrected chi connectivity index (χ0v) is 28.5. The molecule has 4 heteroatoms. The van der Waals surface area contributed by atoms with E-state index < -0.39 is 0 Å². The van der Waals surface area contributed by atoms with Gasteiger partial charge < -0.3 is 0 Å². The van der Waals surface area contributed by atoms with Crippen molar-refractivity contribution in [1.82, 2.24) is 0 Å². The number of hydrogen-bond acceptors (Lipinski definition) is 2. The predicted molar refractivity (Wildman–Crippen MR) is 222 cm³/mol. The molecule has 0 N–H and O–H groups in total. The quantitative estimate of drug-likeness (QED) is 0.135. The van der Waals surface area contributed by atoms with E-state index in [2.05, 4.69) is 119 Å². The highest BCUT2D eigenvalue weighted by Crippen LogP contribution is 2.56. The van der Waals surface area contributed by atoms with Crippen LogP contribution in [0, 0.1) is 35.8 Å². The van der Waals surface area contributed by atoms with Gasteiger partial charge in [0.25, 0.3) is 0 Å². The normalized spacial score (nSPS) is 11.6. The van der Waals surface area contributed by atoms with Crippen molar-refractivity contribution in [3.8, 4) is 34.4 Å². The molecule has 0 aliphatic rings. The molecule has 0 spiro atoms. The van der Waals surface area contributed by atoms with Gasteiger partial charge in [0, 0.05) is 22.3 Å². The van der Waals surface area contributed by atoms with E-state index in [9.17, 15) is 10.5 Å². The van der Waals surface area contributed by atoms with E-state index >= 15 is 0 Å². The van der Waals surface area contributed by atoms with Gasteiger partial charge in [-0.25, -0.2) is 9.69 Å².